The van der Waals surface area contributed by atoms with Crippen LogP contribution in [0.3, 0.4) is 0 Å². The van der Waals surface area contributed by atoms with Gasteiger partial charge >= 0.3 is 0 Å². The van der Waals surface area contributed by atoms with Gasteiger partial charge in [0, 0.05) is 22.6 Å². The van der Waals surface area contributed by atoms with Crippen molar-refractivity contribution in [1.29, 1.82) is 0 Å². The summed E-state index contributed by atoms with van der Waals surface area (Å²) < 4.78 is 19.1. The topological polar surface area (TPSA) is 55.4 Å². The van der Waals surface area contributed by atoms with Gasteiger partial charge in [-0.2, -0.15) is 0 Å². The van der Waals surface area contributed by atoms with Crippen LogP contribution < -0.4 is 10.1 Å². The lowest BCUT2D eigenvalue weighted by molar-refractivity contribution is -0.118. The van der Waals surface area contributed by atoms with E-state index in [9.17, 15) is 14.0 Å². The van der Waals surface area contributed by atoms with Gasteiger partial charge in [-0.15, -0.1) is 11.8 Å². The number of hydrogen-bond donors (Lipinski definition) is 1. The zero-order chi connectivity index (χ0) is 17.5. The lowest BCUT2D eigenvalue weighted by Gasteiger charge is -2.09. The first-order valence-electron chi connectivity index (χ1n) is 7.33. The number of hydrogen-bond acceptors (Lipinski definition) is 4. The molecule has 1 N–H and O–H groups in total. The molecule has 0 aromatic heterocycles. The van der Waals surface area contributed by atoms with Crippen LogP contribution in [0.25, 0.3) is 0 Å². The normalized spacial score (nSPS) is 10.3. The minimum absolute atomic E-state index is 0.0888. The van der Waals surface area contributed by atoms with Crippen LogP contribution in [0.15, 0.2) is 47.4 Å². The summed E-state index contributed by atoms with van der Waals surface area (Å²) in [6, 6.07) is 11.7. The number of ketones is 1. The number of rotatable bonds is 7. The molecule has 0 aliphatic rings. The van der Waals surface area contributed by atoms with Gasteiger partial charge in [0.15, 0.2) is 5.78 Å². The third-order valence-corrected chi connectivity index (χ3v) is 4.41. The third kappa shape index (κ3) is 4.83. The van der Waals surface area contributed by atoms with E-state index in [-0.39, 0.29) is 17.4 Å². The Hall–Kier alpha value is -2.34. The molecule has 0 radical (unpaired) electrons. The number of benzene rings is 2. The average Bonchev–Trinajstić information content (AvgIpc) is 2.58. The molecular weight excluding hydrogens is 329 g/mol. The molecule has 24 heavy (non-hydrogen) atoms. The number of carbonyl (C=O) groups is 2. The smallest absolute Gasteiger partial charge is 0.230 e. The Balaban J connectivity index is 1.88. The van der Waals surface area contributed by atoms with Crippen LogP contribution in [-0.4, -0.2) is 24.6 Å². The van der Waals surface area contributed by atoms with Crippen LogP contribution >= 0.6 is 11.8 Å². The van der Waals surface area contributed by atoms with E-state index in [2.05, 4.69) is 5.32 Å². The highest BCUT2D eigenvalue weighted by molar-refractivity contribution is 8.00. The fourth-order valence-electron chi connectivity index (χ4n) is 2.07. The quantitative estimate of drug-likeness (QED) is 0.616. The highest BCUT2D eigenvalue weighted by Gasteiger charge is 2.10. The Kier molecular flexibility index (Phi) is 6.37. The van der Waals surface area contributed by atoms with E-state index in [1.165, 1.54) is 19.1 Å². The lowest BCUT2D eigenvalue weighted by atomic mass is 10.1. The lowest BCUT2D eigenvalue weighted by Crippen LogP contribution is -2.24. The standard InChI is InChI=1S/C18H18FNO3S/c1-12(21)13-7-8-17(15(19)9-13)24-11-18(22)20-10-14-5-3-4-6-16(14)23-2/h3-9H,10-11H2,1-2H3,(H,20,22). The van der Waals surface area contributed by atoms with Gasteiger partial charge in [-0.1, -0.05) is 24.3 Å². The molecule has 126 valence electrons. The number of carbonyl (C=O) groups excluding carboxylic acids is 2. The number of ether oxygens (including phenoxy) is 1. The van der Waals surface area contributed by atoms with Crippen molar-refractivity contribution in [3.8, 4) is 5.75 Å². The second-order valence-corrected chi connectivity index (χ2v) is 6.10. The molecule has 0 heterocycles. The molecule has 4 nitrogen and oxygen atoms in total. The summed E-state index contributed by atoms with van der Waals surface area (Å²) in [4.78, 5) is 23.5. The van der Waals surface area contributed by atoms with Crippen molar-refractivity contribution < 1.29 is 18.7 Å². The molecule has 0 atom stereocenters. The van der Waals surface area contributed by atoms with Gasteiger partial charge in [0.1, 0.15) is 11.6 Å². The largest absolute Gasteiger partial charge is 0.496 e. The van der Waals surface area contributed by atoms with E-state index in [1.807, 2.05) is 24.3 Å². The number of methoxy groups -OCH3 is 1. The van der Waals surface area contributed by atoms with Gasteiger partial charge in [-0.25, -0.2) is 4.39 Å². The maximum absolute atomic E-state index is 13.9. The van der Waals surface area contributed by atoms with Crippen molar-refractivity contribution in [2.75, 3.05) is 12.9 Å². The summed E-state index contributed by atoms with van der Waals surface area (Å²) in [6.45, 7) is 1.72. The van der Waals surface area contributed by atoms with Gasteiger partial charge < -0.3 is 10.1 Å². The fourth-order valence-corrected chi connectivity index (χ4v) is 2.82. The second kappa shape index (κ2) is 8.49. The maximum Gasteiger partial charge on any atom is 0.230 e. The summed E-state index contributed by atoms with van der Waals surface area (Å²) in [5.41, 5.74) is 1.19. The third-order valence-electron chi connectivity index (χ3n) is 3.37. The molecule has 0 aliphatic carbocycles. The molecule has 0 saturated heterocycles. The first kappa shape index (κ1) is 18.0. The SMILES string of the molecule is COc1ccccc1CNC(=O)CSc1ccc(C(C)=O)cc1F. The number of para-hydroxylation sites is 1. The van der Waals surface area contributed by atoms with E-state index >= 15 is 0 Å². The molecule has 0 fully saturated rings. The summed E-state index contributed by atoms with van der Waals surface area (Å²) in [5.74, 6) is -0.103. The number of nitrogens with one attached hydrogen (secondary N) is 1. The average molecular weight is 347 g/mol. The number of amides is 1. The molecule has 0 spiro atoms. The molecule has 0 unspecified atom stereocenters. The second-order valence-electron chi connectivity index (χ2n) is 5.08. The fraction of sp³-hybridized carbons (Fsp3) is 0.222. The number of Topliss-reactive ketones (excluding diaryl/α,β-unsaturated/α-hetero) is 1. The van der Waals surface area contributed by atoms with Crippen LogP contribution in [0, 0.1) is 5.82 Å². The highest BCUT2D eigenvalue weighted by Crippen LogP contribution is 2.23. The Morgan fingerprint density at radius 2 is 1.96 bits per heavy atom. The molecule has 0 saturated carbocycles. The van der Waals surface area contributed by atoms with E-state index in [0.29, 0.717) is 22.8 Å². The zero-order valence-electron chi connectivity index (χ0n) is 13.5. The first-order valence-corrected chi connectivity index (χ1v) is 8.31. The maximum atomic E-state index is 13.9. The molecule has 6 heteroatoms. The van der Waals surface area contributed by atoms with Gasteiger partial charge in [-0.3, -0.25) is 9.59 Å². The molecule has 1 amide bonds. The van der Waals surface area contributed by atoms with Crippen LogP contribution in [0.5, 0.6) is 5.75 Å². The molecule has 2 aromatic carbocycles. The van der Waals surface area contributed by atoms with E-state index in [1.54, 1.807) is 13.2 Å². The Bertz CT molecular complexity index is 749. The van der Waals surface area contributed by atoms with Crippen molar-refractivity contribution in [1.82, 2.24) is 5.32 Å². The predicted octanol–water partition coefficient (Wildman–Crippen LogP) is 3.45. The number of thioether (sulfide) groups is 1. The van der Waals surface area contributed by atoms with Crippen molar-refractivity contribution >= 4 is 23.5 Å². The van der Waals surface area contributed by atoms with Crippen LogP contribution in [0.1, 0.15) is 22.8 Å². The summed E-state index contributed by atoms with van der Waals surface area (Å²) >= 11 is 1.09. The minimum atomic E-state index is -0.495. The van der Waals surface area contributed by atoms with Crippen LogP contribution in [0.2, 0.25) is 0 Å². The van der Waals surface area contributed by atoms with Crippen LogP contribution in [0.4, 0.5) is 4.39 Å². The first-order chi connectivity index (χ1) is 11.5. The Labute approximate surface area is 144 Å². The number of halogens is 1. The van der Waals surface area contributed by atoms with Crippen molar-refractivity contribution in [3.63, 3.8) is 0 Å². The van der Waals surface area contributed by atoms with Gasteiger partial charge in [0.05, 0.1) is 12.9 Å². The van der Waals surface area contributed by atoms with Gasteiger partial charge in [0.25, 0.3) is 0 Å². The van der Waals surface area contributed by atoms with Crippen molar-refractivity contribution in [3.05, 3.63) is 59.4 Å². The molecule has 2 aromatic rings. The minimum Gasteiger partial charge on any atom is -0.496 e. The summed E-state index contributed by atoms with van der Waals surface area (Å²) in [7, 11) is 1.57. The van der Waals surface area contributed by atoms with E-state index in [4.69, 9.17) is 4.74 Å². The monoisotopic (exact) mass is 347 g/mol. The summed E-state index contributed by atoms with van der Waals surface area (Å²) in [6.07, 6.45) is 0. The Morgan fingerprint density at radius 1 is 1.21 bits per heavy atom. The summed E-state index contributed by atoms with van der Waals surface area (Å²) in [5, 5.41) is 2.78. The molecule has 0 bridgehead atoms. The molecule has 0 aliphatic heterocycles. The van der Waals surface area contributed by atoms with Crippen molar-refractivity contribution in [2.45, 2.75) is 18.4 Å². The molecular formula is C18H18FNO3S. The van der Waals surface area contributed by atoms with Gasteiger partial charge in [0.2, 0.25) is 5.91 Å². The van der Waals surface area contributed by atoms with Gasteiger partial charge in [-0.05, 0) is 25.1 Å². The molecule has 2 rings (SSSR count). The Morgan fingerprint density at radius 3 is 2.62 bits per heavy atom. The van der Waals surface area contributed by atoms with E-state index < -0.39 is 5.82 Å². The van der Waals surface area contributed by atoms with E-state index in [0.717, 1.165) is 17.3 Å². The van der Waals surface area contributed by atoms with Crippen LogP contribution in [-0.2, 0) is 11.3 Å². The predicted molar refractivity (Wildman–Crippen MR) is 92.0 cm³/mol. The highest BCUT2D eigenvalue weighted by atomic mass is 32.2. The zero-order valence-corrected chi connectivity index (χ0v) is 14.3. The van der Waals surface area contributed by atoms with Crippen molar-refractivity contribution in [2.24, 2.45) is 0 Å².